The van der Waals surface area contributed by atoms with Crippen LogP contribution in [0.25, 0.3) is 11.4 Å². The first-order valence-electron chi connectivity index (χ1n) is 11.0. The van der Waals surface area contributed by atoms with Gasteiger partial charge in [0.15, 0.2) is 5.82 Å². The Kier molecular flexibility index (Phi) is 6.63. The van der Waals surface area contributed by atoms with E-state index in [9.17, 15) is 9.18 Å². The first-order valence-corrected chi connectivity index (χ1v) is 11.0. The molecule has 0 spiro atoms. The molecule has 0 bridgehead atoms. The summed E-state index contributed by atoms with van der Waals surface area (Å²) in [5.74, 6) is 1.10. The number of aryl methyl sites for hydroxylation is 1. The number of nitrogens with one attached hydrogen (secondary N) is 1. The predicted octanol–water partition coefficient (Wildman–Crippen LogP) is 4.19. The molecule has 3 aromatic rings. The van der Waals surface area contributed by atoms with Crippen LogP contribution in [-0.2, 0) is 13.0 Å². The summed E-state index contributed by atoms with van der Waals surface area (Å²) in [6.45, 7) is 7.17. The van der Waals surface area contributed by atoms with E-state index in [1.54, 1.807) is 6.07 Å². The summed E-state index contributed by atoms with van der Waals surface area (Å²) < 4.78 is 13.7. The number of carbonyl (C=O) groups is 1. The molecular weight excluding hydrogens is 405 g/mol. The lowest BCUT2D eigenvalue weighted by Crippen LogP contribution is -2.52. The number of hydrogen-bond donors (Lipinski definition) is 1. The number of aromatic nitrogens is 2. The number of nitrogens with zero attached hydrogens (tertiary/aromatic N) is 4. The van der Waals surface area contributed by atoms with Gasteiger partial charge in [0.1, 0.15) is 11.6 Å². The molecule has 0 atom stereocenters. The Labute approximate surface area is 188 Å². The summed E-state index contributed by atoms with van der Waals surface area (Å²) in [5, 5.41) is 3.00. The Hall–Kier alpha value is -3.48. The van der Waals surface area contributed by atoms with E-state index in [0.717, 1.165) is 29.1 Å². The lowest BCUT2D eigenvalue weighted by atomic mass is 10.1. The van der Waals surface area contributed by atoms with E-state index in [2.05, 4.69) is 22.1 Å². The summed E-state index contributed by atoms with van der Waals surface area (Å²) >= 11 is 0. The van der Waals surface area contributed by atoms with Crippen LogP contribution < -0.4 is 10.2 Å². The van der Waals surface area contributed by atoms with E-state index < -0.39 is 0 Å². The molecule has 1 fully saturated rings. The van der Waals surface area contributed by atoms with E-state index in [0.29, 0.717) is 44.1 Å². The Morgan fingerprint density at radius 2 is 1.78 bits per heavy atom. The minimum absolute atomic E-state index is 0.0523. The Balaban J connectivity index is 1.46. The standard InChI is InChI=1S/C25H28FN5O/c1-3-22-18(2)28-23(20-10-7-11-21(26)16-20)29-24(22)30-12-14-31(15-13-30)25(32)27-17-19-8-5-4-6-9-19/h4-11,16H,3,12-15,17H2,1-2H3,(H,27,32). The van der Waals surface area contributed by atoms with Crippen molar-refractivity contribution in [3.05, 3.63) is 77.2 Å². The first-order chi connectivity index (χ1) is 15.5. The van der Waals surface area contributed by atoms with Crippen LogP contribution in [0, 0.1) is 12.7 Å². The maximum atomic E-state index is 13.7. The number of benzene rings is 2. The zero-order chi connectivity index (χ0) is 22.5. The lowest BCUT2D eigenvalue weighted by molar-refractivity contribution is 0.194. The first kappa shape index (κ1) is 21.7. The van der Waals surface area contributed by atoms with Crippen LogP contribution in [0.5, 0.6) is 0 Å². The maximum Gasteiger partial charge on any atom is 0.317 e. The van der Waals surface area contributed by atoms with Crippen molar-refractivity contribution in [1.29, 1.82) is 0 Å². The molecule has 166 valence electrons. The predicted molar refractivity (Wildman–Crippen MR) is 124 cm³/mol. The van der Waals surface area contributed by atoms with Crippen LogP contribution in [0.4, 0.5) is 15.0 Å². The fourth-order valence-corrected chi connectivity index (χ4v) is 4.02. The summed E-state index contributed by atoms with van der Waals surface area (Å²) in [4.78, 5) is 26.1. The number of amides is 2. The minimum atomic E-state index is -0.306. The topological polar surface area (TPSA) is 61.4 Å². The molecule has 4 rings (SSSR count). The number of urea groups is 1. The molecule has 1 saturated heterocycles. The van der Waals surface area contributed by atoms with Gasteiger partial charge in [-0.1, -0.05) is 49.4 Å². The van der Waals surface area contributed by atoms with Crippen molar-refractivity contribution in [2.45, 2.75) is 26.8 Å². The molecule has 2 aromatic carbocycles. The number of hydrogen-bond acceptors (Lipinski definition) is 4. The number of halogens is 1. The SMILES string of the molecule is CCc1c(C)nc(-c2cccc(F)c2)nc1N1CCN(C(=O)NCc2ccccc2)CC1. The van der Waals surface area contributed by atoms with Gasteiger partial charge in [-0.25, -0.2) is 19.2 Å². The van der Waals surface area contributed by atoms with Crippen molar-refractivity contribution < 1.29 is 9.18 Å². The molecule has 6 nitrogen and oxygen atoms in total. The van der Waals surface area contributed by atoms with E-state index in [1.165, 1.54) is 12.1 Å². The number of anilines is 1. The molecule has 2 amide bonds. The minimum Gasteiger partial charge on any atom is -0.353 e. The summed E-state index contributed by atoms with van der Waals surface area (Å²) in [5.41, 5.74) is 3.73. The van der Waals surface area contributed by atoms with Crippen molar-refractivity contribution in [1.82, 2.24) is 20.2 Å². The van der Waals surface area contributed by atoms with Crippen LogP contribution in [0.1, 0.15) is 23.7 Å². The highest BCUT2D eigenvalue weighted by atomic mass is 19.1. The molecule has 1 aliphatic rings. The quantitative estimate of drug-likeness (QED) is 0.656. The third-order valence-corrected chi connectivity index (χ3v) is 5.78. The van der Waals surface area contributed by atoms with Crippen molar-refractivity contribution in [2.24, 2.45) is 0 Å². The molecule has 1 aromatic heterocycles. The summed E-state index contributed by atoms with van der Waals surface area (Å²) in [6, 6.07) is 16.2. The average Bonchev–Trinajstić information content (AvgIpc) is 2.83. The number of carbonyl (C=O) groups excluding carboxylic acids is 1. The second-order valence-corrected chi connectivity index (χ2v) is 7.92. The highest BCUT2D eigenvalue weighted by Gasteiger charge is 2.24. The molecule has 1 N–H and O–H groups in total. The molecule has 0 unspecified atom stereocenters. The zero-order valence-electron chi connectivity index (χ0n) is 18.5. The second kappa shape index (κ2) is 9.77. The van der Waals surface area contributed by atoms with Crippen LogP contribution in [0.2, 0.25) is 0 Å². The van der Waals surface area contributed by atoms with Gasteiger partial charge in [-0.05, 0) is 31.0 Å². The highest BCUT2D eigenvalue weighted by molar-refractivity contribution is 5.74. The van der Waals surface area contributed by atoms with Crippen molar-refractivity contribution in [3.8, 4) is 11.4 Å². The molecule has 32 heavy (non-hydrogen) atoms. The third kappa shape index (κ3) is 4.88. The van der Waals surface area contributed by atoms with Gasteiger partial charge in [0.05, 0.1) is 0 Å². The Morgan fingerprint density at radius 1 is 1.03 bits per heavy atom. The lowest BCUT2D eigenvalue weighted by Gasteiger charge is -2.36. The normalized spacial score (nSPS) is 13.8. The highest BCUT2D eigenvalue weighted by Crippen LogP contribution is 2.27. The molecule has 7 heteroatoms. The molecule has 0 aliphatic carbocycles. The molecule has 2 heterocycles. The zero-order valence-corrected chi connectivity index (χ0v) is 18.5. The van der Waals surface area contributed by atoms with E-state index >= 15 is 0 Å². The average molecular weight is 434 g/mol. The summed E-state index contributed by atoms with van der Waals surface area (Å²) in [7, 11) is 0. The van der Waals surface area contributed by atoms with Crippen molar-refractivity contribution >= 4 is 11.8 Å². The van der Waals surface area contributed by atoms with Gasteiger partial charge < -0.3 is 15.1 Å². The van der Waals surface area contributed by atoms with Gasteiger partial charge in [-0.2, -0.15) is 0 Å². The van der Waals surface area contributed by atoms with Gasteiger partial charge in [0.2, 0.25) is 0 Å². The largest absolute Gasteiger partial charge is 0.353 e. The van der Waals surface area contributed by atoms with Gasteiger partial charge in [-0.3, -0.25) is 0 Å². The Morgan fingerprint density at radius 3 is 2.47 bits per heavy atom. The second-order valence-electron chi connectivity index (χ2n) is 7.92. The van der Waals surface area contributed by atoms with Gasteiger partial charge >= 0.3 is 6.03 Å². The smallest absolute Gasteiger partial charge is 0.317 e. The van der Waals surface area contributed by atoms with Crippen LogP contribution in [0.15, 0.2) is 54.6 Å². The number of rotatable bonds is 5. The Bertz CT molecular complexity index is 1080. The molecular formula is C25H28FN5O. The van der Waals surface area contributed by atoms with Crippen molar-refractivity contribution in [3.63, 3.8) is 0 Å². The van der Waals surface area contributed by atoms with Gasteiger partial charge in [-0.15, -0.1) is 0 Å². The van der Waals surface area contributed by atoms with Crippen LogP contribution >= 0.6 is 0 Å². The van der Waals surface area contributed by atoms with E-state index in [1.807, 2.05) is 48.2 Å². The maximum absolute atomic E-state index is 13.7. The van der Waals surface area contributed by atoms with E-state index in [4.69, 9.17) is 4.98 Å². The number of piperazine rings is 1. The van der Waals surface area contributed by atoms with Crippen LogP contribution in [0.3, 0.4) is 0 Å². The molecule has 0 radical (unpaired) electrons. The monoisotopic (exact) mass is 433 g/mol. The van der Waals surface area contributed by atoms with Crippen molar-refractivity contribution in [2.75, 3.05) is 31.1 Å². The van der Waals surface area contributed by atoms with Crippen LogP contribution in [-0.4, -0.2) is 47.1 Å². The molecule has 0 saturated carbocycles. The fourth-order valence-electron chi connectivity index (χ4n) is 4.02. The van der Waals surface area contributed by atoms with Gasteiger partial charge in [0, 0.05) is 49.5 Å². The summed E-state index contributed by atoms with van der Waals surface area (Å²) in [6.07, 6.45) is 0.808. The molecule has 1 aliphatic heterocycles. The third-order valence-electron chi connectivity index (χ3n) is 5.78. The van der Waals surface area contributed by atoms with E-state index in [-0.39, 0.29) is 11.8 Å². The van der Waals surface area contributed by atoms with Gasteiger partial charge in [0.25, 0.3) is 0 Å². The fraction of sp³-hybridized carbons (Fsp3) is 0.320.